The average molecular weight is 303 g/mol. The zero-order valence-corrected chi connectivity index (χ0v) is 12.1. The van der Waals surface area contributed by atoms with Crippen LogP contribution < -0.4 is 5.32 Å². The third-order valence-electron chi connectivity index (χ3n) is 2.46. The minimum absolute atomic E-state index is 0.130. The number of alkyl halides is 2. The highest BCUT2D eigenvalue weighted by Crippen LogP contribution is 2.38. The van der Waals surface area contributed by atoms with Crippen molar-refractivity contribution in [3.8, 4) is 5.75 Å². The highest BCUT2D eigenvalue weighted by molar-refractivity contribution is 5.85. The summed E-state index contributed by atoms with van der Waals surface area (Å²) in [5.74, 6) is -4.01. The summed E-state index contributed by atoms with van der Waals surface area (Å²) in [4.78, 5) is 11.5. The van der Waals surface area contributed by atoms with E-state index in [2.05, 4.69) is 5.32 Å². The van der Waals surface area contributed by atoms with E-state index in [0.717, 1.165) is 12.1 Å². The number of hydrogen-bond donors (Lipinski definition) is 3. The van der Waals surface area contributed by atoms with Crippen molar-refractivity contribution < 1.29 is 28.5 Å². The van der Waals surface area contributed by atoms with Gasteiger partial charge in [-0.25, -0.2) is 13.6 Å². The first-order valence-electron chi connectivity index (χ1n) is 6.37. The van der Waals surface area contributed by atoms with E-state index in [1.165, 1.54) is 6.07 Å². The number of aromatic hydroxyl groups is 1. The molecule has 21 heavy (non-hydrogen) atoms. The summed E-state index contributed by atoms with van der Waals surface area (Å²) in [5, 5.41) is 20.6. The molecule has 0 saturated carbocycles. The maximum atomic E-state index is 13.6. The summed E-state index contributed by atoms with van der Waals surface area (Å²) in [6.45, 7) is 4.35. The molecule has 3 N–H and O–H groups in total. The molecule has 0 bridgehead atoms. The van der Waals surface area contributed by atoms with Gasteiger partial charge in [-0.15, -0.1) is 0 Å². The van der Waals surface area contributed by atoms with Crippen LogP contribution in [0.15, 0.2) is 18.2 Å². The standard InChI is InChI=1S/C14H19F2NO4/c1-13(2,3)21-12(20)17-9-4-5-10(11(19)8-9)14(15,16)6-7-18/h4-5,8,18-19H,6-7H2,1-3H3,(H,17,20). The largest absolute Gasteiger partial charge is 0.507 e. The van der Waals surface area contributed by atoms with Crippen molar-refractivity contribution in [2.75, 3.05) is 11.9 Å². The Hall–Kier alpha value is -1.89. The van der Waals surface area contributed by atoms with Crippen molar-refractivity contribution in [3.05, 3.63) is 23.8 Å². The van der Waals surface area contributed by atoms with E-state index in [0.29, 0.717) is 0 Å². The highest BCUT2D eigenvalue weighted by atomic mass is 19.3. The molecule has 0 atom stereocenters. The molecular weight excluding hydrogens is 284 g/mol. The fraction of sp³-hybridized carbons (Fsp3) is 0.500. The van der Waals surface area contributed by atoms with Crippen LogP contribution in [0.2, 0.25) is 0 Å². The molecule has 118 valence electrons. The molecule has 0 aromatic heterocycles. The second kappa shape index (κ2) is 6.26. The summed E-state index contributed by atoms with van der Waals surface area (Å²) >= 11 is 0. The van der Waals surface area contributed by atoms with Crippen molar-refractivity contribution >= 4 is 11.8 Å². The van der Waals surface area contributed by atoms with Crippen LogP contribution in [0.25, 0.3) is 0 Å². The molecule has 0 heterocycles. The molecule has 0 aliphatic rings. The Morgan fingerprint density at radius 1 is 1.33 bits per heavy atom. The van der Waals surface area contributed by atoms with Crippen LogP contribution in [0.4, 0.5) is 19.3 Å². The van der Waals surface area contributed by atoms with Crippen molar-refractivity contribution in [2.24, 2.45) is 0 Å². The molecule has 0 aliphatic carbocycles. The minimum Gasteiger partial charge on any atom is -0.507 e. The molecule has 1 rings (SSSR count). The topological polar surface area (TPSA) is 78.8 Å². The Balaban J connectivity index is 2.86. The number of halogens is 2. The molecule has 1 aromatic rings. The first kappa shape index (κ1) is 17.2. The number of rotatable bonds is 4. The molecule has 0 aliphatic heterocycles. The quantitative estimate of drug-likeness (QED) is 0.798. The lowest BCUT2D eigenvalue weighted by atomic mass is 10.0. The third kappa shape index (κ3) is 5.18. The van der Waals surface area contributed by atoms with Crippen molar-refractivity contribution in [3.63, 3.8) is 0 Å². The lowest BCUT2D eigenvalue weighted by Crippen LogP contribution is -2.27. The number of anilines is 1. The molecule has 1 aromatic carbocycles. The third-order valence-corrected chi connectivity index (χ3v) is 2.46. The number of aliphatic hydroxyl groups excluding tert-OH is 1. The Kier molecular flexibility index (Phi) is 5.11. The molecule has 1 amide bonds. The molecular formula is C14H19F2NO4. The number of benzene rings is 1. The predicted octanol–water partition coefficient (Wildman–Crippen LogP) is 3.21. The van der Waals surface area contributed by atoms with Gasteiger partial charge in [0, 0.05) is 24.8 Å². The van der Waals surface area contributed by atoms with Crippen LogP contribution in [0.3, 0.4) is 0 Å². The van der Waals surface area contributed by atoms with Crippen molar-refractivity contribution in [1.82, 2.24) is 0 Å². The van der Waals surface area contributed by atoms with Gasteiger partial charge < -0.3 is 14.9 Å². The monoisotopic (exact) mass is 303 g/mol. The van der Waals surface area contributed by atoms with E-state index in [1.54, 1.807) is 20.8 Å². The summed E-state index contributed by atoms with van der Waals surface area (Å²) in [7, 11) is 0. The van der Waals surface area contributed by atoms with Crippen LogP contribution >= 0.6 is 0 Å². The molecule has 5 nitrogen and oxygen atoms in total. The van der Waals surface area contributed by atoms with Gasteiger partial charge in [0.1, 0.15) is 11.4 Å². The average Bonchev–Trinajstić information content (AvgIpc) is 2.25. The lowest BCUT2D eigenvalue weighted by molar-refractivity contribution is -0.0286. The second-order valence-electron chi connectivity index (χ2n) is 5.54. The van der Waals surface area contributed by atoms with E-state index in [1.807, 2.05) is 0 Å². The van der Waals surface area contributed by atoms with Gasteiger partial charge in [-0.05, 0) is 32.9 Å². The first-order valence-corrected chi connectivity index (χ1v) is 6.37. The fourth-order valence-electron chi connectivity index (χ4n) is 1.62. The Morgan fingerprint density at radius 2 is 1.95 bits per heavy atom. The number of amides is 1. The summed E-state index contributed by atoms with van der Waals surface area (Å²) in [6.07, 6.45) is -1.55. The molecule has 0 spiro atoms. The SMILES string of the molecule is CC(C)(C)OC(=O)Nc1ccc(C(F)(F)CCO)c(O)c1. The second-order valence-corrected chi connectivity index (χ2v) is 5.54. The van der Waals surface area contributed by atoms with Gasteiger partial charge in [0.2, 0.25) is 0 Å². The van der Waals surface area contributed by atoms with Crippen LogP contribution in [-0.4, -0.2) is 28.5 Å². The number of hydrogen-bond acceptors (Lipinski definition) is 4. The van der Waals surface area contributed by atoms with Gasteiger partial charge in [0.05, 0.1) is 5.56 Å². The lowest BCUT2D eigenvalue weighted by Gasteiger charge is -2.20. The summed E-state index contributed by atoms with van der Waals surface area (Å²) in [6, 6.07) is 3.23. The van der Waals surface area contributed by atoms with Gasteiger partial charge in [-0.1, -0.05) is 0 Å². The predicted molar refractivity (Wildman–Crippen MR) is 73.6 cm³/mol. The van der Waals surface area contributed by atoms with E-state index in [-0.39, 0.29) is 5.69 Å². The van der Waals surface area contributed by atoms with Gasteiger partial charge in [-0.2, -0.15) is 0 Å². The maximum absolute atomic E-state index is 13.6. The first-order chi connectivity index (χ1) is 9.55. The van der Waals surface area contributed by atoms with Gasteiger partial charge in [0.25, 0.3) is 5.92 Å². The number of carbonyl (C=O) groups is 1. The number of phenolic OH excluding ortho intramolecular Hbond substituents is 1. The van der Waals surface area contributed by atoms with Gasteiger partial charge in [0.15, 0.2) is 0 Å². The van der Waals surface area contributed by atoms with E-state index < -0.39 is 42.0 Å². The molecule has 7 heteroatoms. The summed E-state index contributed by atoms with van der Waals surface area (Å²) in [5.41, 5.74) is -1.17. The normalized spacial score (nSPS) is 12.1. The van der Waals surface area contributed by atoms with E-state index in [9.17, 15) is 18.7 Å². The Morgan fingerprint density at radius 3 is 2.43 bits per heavy atom. The smallest absolute Gasteiger partial charge is 0.412 e. The van der Waals surface area contributed by atoms with Gasteiger partial charge >= 0.3 is 6.09 Å². The zero-order valence-electron chi connectivity index (χ0n) is 12.1. The van der Waals surface area contributed by atoms with Crippen LogP contribution in [-0.2, 0) is 10.7 Å². The minimum atomic E-state index is -3.34. The van der Waals surface area contributed by atoms with Crippen LogP contribution in [0, 0.1) is 0 Å². The molecule has 0 fully saturated rings. The number of ether oxygens (including phenoxy) is 1. The molecule has 0 unspecified atom stereocenters. The van der Waals surface area contributed by atoms with Crippen molar-refractivity contribution in [2.45, 2.75) is 38.7 Å². The fourth-order valence-corrected chi connectivity index (χ4v) is 1.62. The number of phenols is 1. The Labute approximate surface area is 121 Å². The van der Waals surface area contributed by atoms with Crippen LogP contribution in [0.1, 0.15) is 32.8 Å². The maximum Gasteiger partial charge on any atom is 0.412 e. The molecule has 0 radical (unpaired) electrons. The van der Waals surface area contributed by atoms with E-state index in [4.69, 9.17) is 9.84 Å². The summed E-state index contributed by atoms with van der Waals surface area (Å²) < 4.78 is 32.2. The number of nitrogens with one attached hydrogen (secondary N) is 1. The zero-order chi connectivity index (χ0) is 16.3. The Bertz CT molecular complexity index is 512. The van der Waals surface area contributed by atoms with Crippen LogP contribution in [0.5, 0.6) is 5.75 Å². The van der Waals surface area contributed by atoms with Crippen molar-refractivity contribution in [1.29, 1.82) is 0 Å². The highest BCUT2D eigenvalue weighted by Gasteiger charge is 2.33. The molecule has 0 saturated heterocycles. The van der Waals surface area contributed by atoms with Gasteiger partial charge in [-0.3, -0.25) is 5.32 Å². The van der Waals surface area contributed by atoms with E-state index >= 15 is 0 Å². The number of carbonyl (C=O) groups excluding carboxylic acids is 1. The number of aliphatic hydroxyl groups is 1.